The molecule has 18 heavy (non-hydrogen) atoms. The molecular formula is C13H14FN3S. The predicted molar refractivity (Wildman–Crippen MR) is 71.1 cm³/mol. The molecule has 0 aliphatic carbocycles. The van der Waals surface area contributed by atoms with Crippen molar-refractivity contribution < 1.29 is 4.39 Å². The number of benzene rings is 1. The number of nitrogens with zero attached hydrogens (tertiary/aromatic N) is 2. The fourth-order valence-corrected chi connectivity index (χ4v) is 2.30. The maximum atomic E-state index is 13.1. The van der Waals surface area contributed by atoms with E-state index in [4.69, 9.17) is 5.73 Å². The lowest BCUT2D eigenvalue weighted by Gasteiger charge is -2.07. The Morgan fingerprint density at radius 3 is 2.67 bits per heavy atom. The first-order valence-electron chi connectivity index (χ1n) is 5.62. The molecule has 0 aliphatic heterocycles. The third kappa shape index (κ3) is 3.20. The summed E-state index contributed by atoms with van der Waals surface area (Å²) in [5, 5.41) is 0.733. The molecule has 0 saturated carbocycles. The van der Waals surface area contributed by atoms with Crippen molar-refractivity contribution in [3.05, 3.63) is 42.0 Å². The van der Waals surface area contributed by atoms with Crippen molar-refractivity contribution >= 4 is 17.6 Å². The van der Waals surface area contributed by atoms with E-state index in [1.165, 1.54) is 23.9 Å². The second-order valence-corrected chi connectivity index (χ2v) is 5.30. The second kappa shape index (κ2) is 5.35. The Morgan fingerprint density at radius 1 is 1.22 bits per heavy atom. The van der Waals surface area contributed by atoms with Gasteiger partial charge < -0.3 is 5.73 Å². The molecule has 0 amide bonds. The van der Waals surface area contributed by atoms with Gasteiger partial charge in [0.1, 0.15) is 22.5 Å². The van der Waals surface area contributed by atoms with E-state index in [0.29, 0.717) is 11.6 Å². The van der Waals surface area contributed by atoms with E-state index in [1.54, 1.807) is 12.1 Å². The summed E-state index contributed by atoms with van der Waals surface area (Å²) in [6.07, 6.45) is 0. The van der Waals surface area contributed by atoms with Crippen LogP contribution in [0.15, 0.2) is 40.3 Å². The van der Waals surface area contributed by atoms with Gasteiger partial charge >= 0.3 is 0 Å². The van der Waals surface area contributed by atoms with E-state index >= 15 is 0 Å². The first-order valence-corrected chi connectivity index (χ1v) is 6.44. The topological polar surface area (TPSA) is 51.8 Å². The smallest absolute Gasteiger partial charge is 0.134 e. The van der Waals surface area contributed by atoms with Crippen LogP contribution in [-0.4, -0.2) is 9.97 Å². The Hall–Kier alpha value is -1.62. The highest BCUT2D eigenvalue weighted by Gasteiger charge is 2.08. The van der Waals surface area contributed by atoms with Crippen LogP contribution in [0.4, 0.5) is 10.2 Å². The molecule has 0 saturated heterocycles. The lowest BCUT2D eigenvalue weighted by molar-refractivity contribution is 0.624. The number of nitrogen functional groups attached to an aromatic ring is 1. The Labute approximate surface area is 110 Å². The minimum atomic E-state index is -0.258. The van der Waals surface area contributed by atoms with Crippen molar-refractivity contribution in [3.8, 4) is 0 Å². The standard InChI is InChI=1S/C13H14FN3S/c1-8(2)13-16-11(15)7-12(17-13)18-10-5-3-4-9(14)6-10/h3-8H,1-2H3,(H2,15,16,17). The zero-order chi connectivity index (χ0) is 13.1. The van der Waals surface area contributed by atoms with Crippen LogP contribution in [-0.2, 0) is 0 Å². The van der Waals surface area contributed by atoms with Gasteiger partial charge in [0.2, 0.25) is 0 Å². The van der Waals surface area contributed by atoms with Gasteiger partial charge in [-0.3, -0.25) is 0 Å². The van der Waals surface area contributed by atoms with Crippen molar-refractivity contribution in [1.82, 2.24) is 9.97 Å². The SMILES string of the molecule is CC(C)c1nc(N)cc(Sc2cccc(F)c2)n1. The van der Waals surface area contributed by atoms with E-state index < -0.39 is 0 Å². The molecular weight excluding hydrogens is 249 g/mol. The molecule has 0 bridgehead atoms. The molecule has 94 valence electrons. The molecule has 0 spiro atoms. The summed E-state index contributed by atoms with van der Waals surface area (Å²) in [6, 6.07) is 8.09. The maximum Gasteiger partial charge on any atom is 0.134 e. The highest BCUT2D eigenvalue weighted by Crippen LogP contribution is 2.28. The fourth-order valence-electron chi connectivity index (χ4n) is 1.42. The third-order valence-corrected chi connectivity index (χ3v) is 3.18. The molecule has 1 aromatic heterocycles. The molecule has 0 aliphatic rings. The highest BCUT2D eigenvalue weighted by molar-refractivity contribution is 7.99. The monoisotopic (exact) mass is 263 g/mol. The summed E-state index contributed by atoms with van der Waals surface area (Å²) in [6.45, 7) is 4.01. The molecule has 0 radical (unpaired) electrons. The van der Waals surface area contributed by atoms with Crippen LogP contribution in [0.25, 0.3) is 0 Å². The normalized spacial score (nSPS) is 10.9. The Balaban J connectivity index is 2.29. The minimum Gasteiger partial charge on any atom is -0.384 e. The molecule has 0 fully saturated rings. The second-order valence-electron chi connectivity index (χ2n) is 4.20. The van der Waals surface area contributed by atoms with E-state index in [9.17, 15) is 4.39 Å². The zero-order valence-corrected chi connectivity index (χ0v) is 11.0. The number of nitrogens with two attached hydrogens (primary N) is 1. The zero-order valence-electron chi connectivity index (χ0n) is 10.2. The number of hydrogen-bond acceptors (Lipinski definition) is 4. The summed E-state index contributed by atoms with van der Waals surface area (Å²) < 4.78 is 13.1. The number of anilines is 1. The summed E-state index contributed by atoms with van der Waals surface area (Å²) in [4.78, 5) is 9.37. The Bertz CT molecular complexity index is 558. The van der Waals surface area contributed by atoms with Gasteiger partial charge in [0.05, 0.1) is 0 Å². The van der Waals surface area contributed by atoms with Gasteiger partial charge in [0.25, 0.3) is 0 Å². The highest BCUT2D eigenvalue weighted by atomic mass is 32.2. The maximum absolute atomic E-state index is 13.1. The summed E-state index contributed by atoms with van der Waals surface area (Å²) in [5.41, 5.74) is 5.74. The molecule has 2 aromatic rings. The minimum absolute atomic E-state index is 0.209. The third-order valence-electron chi connectivity index (χ3n) is 2.27. The Morgan fingerprint density at radius 2 is 2.00 bits per heavy atom. The quantitative estimate of drug-likeness (QED) is 0.861. The molecule has 3 nitrogen and oxygen atoms in total. The van der Waals surface area contributed by atoms with Gasteiger partial charge in [-0.25, -0.2) is 14.4 Å². The van der Waals surface area contributed by atoms with E-state index in [0.717, 1.165) is 9.92 Å². The van der Waals surface area contributed by atoms with Crippen LogP contribution >= 0.6 is 11.8 Å². The molecule has 0 atom stereocenters. The number of rotatable bonds is 3. The van der Waals surface area contributed by atoms with Crippen molar-refractivity contribution in [2.75, 3.05) is 5.73 Å². The Kier molecular flexibility index (Phi) is 3.81. The van der Waals surface area contributed by atoms with Gasteiger partial charge in [0, 0.05) is 16.9 Å². The van der Waals surface area contributed by atoms with Gasteiger partial charge in [-0.2, -0.15) is 0 Å². The average molecular weight is 263 g/mol. The van der Waals surface area contributed by atoms with Gasteiger partial charge in [-0.05, 0) is 18.2 Å². The largest absolute Gasteiger partial charge is 0.384 e. The first kappa shape index (κ1) is 12.8. The van der Waals surface area contributed by atoms with Gasteiger partial charge in [0.15, 0.2) is 0 Å². The fraction of sp³-hybridized carbons (Fsp3) is 0.231. The van der Waals surface area contributed by atoms with Crippen LogP contribution in [0.1, 0.15) is 25.6 Å². The molecule has 0 unspecified atom stereocenters. The molecule has 1 aromatic carbocycles. The average Bonchev–Trinajstić information content (AvgIpc) is 2.28. The number of aromatic nitrogens is 2. The van der Waals surface area contributed by atoms with Crippen molar-refractivity contribution in [2.24, 2.45) is 0 Å². The lowest BCUT2D eigenvalue weighted by atomic mass is 10.2. The summed E-state index contributed by atoms with van der Waals surface area (Å²) in [7, 11) is 0. The van der Waals surface area contributed by atoms with Crippen LogP contribution < -0.4 is 5.73 Å². The molecule has 2 N–H and O–H groups in total. The summed E-state index contributed by atoms with van der Waals surface area (Å²) in [5.74, 6) is 1.09. The molecule has 1 heterocycles. The van der Waals surface area contributed by atoms with Crippen molar-refractivity contribution in [2.45, 2.75) is 29.7 Å². The van der Waals surface area contributed by atoms with Gasteiger partial charge in [-0.1, -0.05) is 31.7 Å². The van der Waals surface area contributed by atoms with Crippen molar-refractivity contribution in [1.29, 1.82) is 0 Å². The van der Waals surface area contributed by atoms with Crippen LogP contribution in [0.5, 0.6) is 0 Å². The van der Waals surface area contributed by atoms with E-state index in [1.807, 2.05) is 19.9 Å². The van der Waals surface area contributed by atoms with E-state index in [-0.39, 0.29) is 11.7 Å². The van der Waals surface area contributed by atoms with Crippen LogP contribution in [0.2, 0.25) is 0 Å². The van der Waals surface area contributed by atoms with Crippen LogP contribution in [0, 0.1) is 5.82 Å². The number of halogens is 1. The number of hydrogen-bond donors (Lipinski definition) is 1. The predicted octanol–water partition coefficient (Wildman–Crippen LogP) is 3.47. The van der Waals surface area contributed by atoms with E-state index in [2.05, 4.69) is 9.97 Å². The van der Waals surface area contributed by atoms with Crippen molar-refractivity contribution in [3.63, 3.8) is 0 Å². The lowest BCUT2D eigenvalue weighted by Crippen LogP contribution is -2.02. The first-order chi connectivity index (χ1) is 8.54. The molecule has 2 rings (SSSR count). The molecule has 5 heteroatoms. The summed E-state index contributed by atoms with van der Waals surface area (Å²) >= 11 is 1.38. The van der Waals surface area contributed by atoms with Gasteiger partial charge in [-0.15, -0.1) is 0 Å². The van der Waals surface area contributed by atoms with Crippen LogP contribution in [0.3, 0.4) is 0 Å².